The molecule has 0 bridgehead atoms. The second-order valence-corrected chi connectivity index (χ2v) is 3.31. The summed E-state index contributed by atoms with van der Waals surface area (Å²) in [6.07, 6.45) is 7.47. The van der Waals surface area contributed by atoms with E-state index in [0.717, 1.165) is 6.42 Å². The van der Waals surface area contributed by atoms with E-state index < -0.39 is 0 Å². The zero-order chi connectivity index (χ0) is 8.53. The topological polar surface area (TPSA) is 9.23 Å². The quantitative estimate of drug-likeness (QED) is 0.529. The third kappa shape index (κ3) is 6.81. The first kappa shape index (κ1) is 11.4. The molecule has 1 unspecified atom stereocenters. The van der Waals surface area contributed by atoms with E-state index in [9.17, 15) is 0 Å². The van der Waals surface area contributed by atoms with Crippen molar-refractivity contribution in [1.29, 1.82) is 0 Å². The van der Waals surface area contributed by atoms with Crippen molar-refractivity contribution in [2.75, 3.05) is 7.11 Å². The van der Waals surface area contributed by atoms with Gasteiger partial charge in [0.1, 0.15) is 0 Å². The molecule has 1 nitrogen and oxygen atoms in total. The lowest BCUT2D eigenvalue weighted by Gasteiger charge is -2.08. The van der Waals surface area contributed by atoms with E-state index in [0.29, 0.717) is 6.10 Å². The Morgan fingerprint density at radius 2 is 2.18 bits per heavy atom. The van der Waals surface area contributed by atoms with E-state index in [4.69, 9.17) is 4.74 Å². The average Bonchev–Trinajstić information content (AvgIpc) is 2.03. The second kappa shape index (κ2) is 8.53. The number of ether oxygens (including phenoxy) is 1. The zero-order valence-electron chi connectivity index (χ0n) is 7.35. The van der Waals surface area contributed by atoms with Gasteiger partial charge in [-0.2, -0.15) is 0 Å². The van der Waals surface area contributed by atoms with E-state index in [-0.39, 0.29) is 0 Å². The molecule has 0 heterocycles. The van der Waals surface area contributed by atoms with Crippen molar-refractivity contribution in [3.8, 4) is 0 Å². The second-order valence-electron chi connectivity index (χ2n) is 2.59. The molecule has 0 amide bonds. The summed E-state index contributed by atoms with van der Waals surface area (Å²) < 4.78 is 7.27. The first-order chi connectivity index (χ1) is 5.35. The van der Waals surface area contributed by atoms with Gasteiger partial charge in [-0.05, 0) is 16.6 Å². The third-order valence-corrected chi connectivity index (χ3v) is 2.10. The smallest absolute Gasteiger partial charge is 0.0759 e. The average molecular weight is 268 g/mol. The van der Waals surface area contributed by atoms with Crippen LogP contribution in [-0.2, 0) is 4.74 Å². The van der Waals surface area contributed by atoms with Gasteiger partial charge >= 0.3 is 0 Å². The number of methoxy groups -OCH3 is 1. The number of rotatable bonds is 6. The van der Waals surface area contributed by atoms with Gasteiger partial charge in [-0.1, -0.05) is 48.8 Å². The molecule has 0 fully saturated rings. The molecule has 0 saturated heterocycles. The van der Waals surface area contributed by atoms with Crippen LogP contribution in [0.15, 0.2) is 10.2 Å². The van der Waals surface area contributed by atoms with Crippen LogP contribution in [0.25, 0.3) is 0 Å². The number of hydrogen-bond donors (Lipinski definition) is 0. The van der Waals surface area contributed by atoms with Gasteiger partial charge in [-0.3, -0.25) is 0 Å². The van der Waals surface area contributed by atoms with Gasteiger partial charge in [-0.15, -0.1) is 0 Å². The molecule has 0 aromatic carbocycles. The molecule has 0 aromatic heterocycles. The summed E-state index contributed by atoms with van der Waals surface area (Å²) in [5.41, 5.74) is 0. The molecule has 2 heteroatoms. The minimum atomic E-state index is 0.332. The fourth-order valence-corrected chi connectivity index (χ4v) is 1.43. The summed E-state index contributed by atoms with van der Waals surface area (Å²) in [4.78, 5) is 0. The predicted octanol–water partition coefficient (Wildman–Crippen LogP) is 3.53. The maximum absolute atomic E-state index is 5.25. The molecular formula is C9H17IO. The zero-order valence-corrected chi connectivity index (χ0v) is 9.50. The third-order valence-electron chi connectivity index (χ3n) is 1.68. The Bertz CT molecular complexity index is 102. The van der Waals surface area contributed by atoms with Crippen LogP contribution in [0.4, 0.5) is 0 Å². The largest absolute Gasteiger partial charge is 0.377 e. The molecule has 0 aliphatic heterocycles. The Labute approximate surface area is 83.3 Å². The molecule has 1 atom stereocenters. The van der Waals surface area contributed by atoms with Crippen LogP contribution >= 0.6 is 22.6 Å². The first-order valence-corrected chi connectivity index (χ1v) is 5.39. The summed E-state index contributed by atoms with van der Waals surface area (Å²) in [6, 6.07) is 0. The highest BCUT2D eigenvalue weighted by Crippen LogP contribution is 2.07. The molecular weight excluding hydrogens is 251 g/mol. The van der Waals surface area contributed by atoms with E-state index >= 15 is 0 Å². The van der Waals surface area contributed by atoms with Crippen molar-refractivity contribution in [2.24, 2.45) is 0 Å². The van der Waals surface area contributed by atoms with Crippen LogP contribution in [-0.4, -0.2) is 13.2 Å². The molecule has 0 aliphatic rings. The van der Waals surface area contributed by atoms with E-state index in [1.807, 2.05) is 4.08 Å². The molecule has 0 aromatic rings. The summed E-state index contributed by atoms with van der Waals surface area (Å²) in [5, 5.41) is 0. The van der Waals surface area contributed by atoms with Crippen LogP contribution in [0.5, 0.6) is 0 Å². The van der Waals surface area contributed by atoms with Gasteiger partial charge in [0, 0.05) is 7.11 Å². The van der Waals surface area contributed by atoms with Crippen molar-refractivity contribution < 1.29 is 4.74 Å². The lowest BCUT2D eigenvalue weighted by Crippen LogP contribution is -2.05. The Balaban J connectivity index is 3.36. The fraction of sp³-hybridized carbons (Fsp3) is 0.778. The number of unbranched alkanes of at least 4 members (excludes halogenated alkanes) is 2. The highest BCUT2D eigenvalue weighted by Gasteiger charge is 2.00. The van der Waals surface area contributed by atoms with Crippen molar-refractivity contribution in [2.45, 2.75) is 38.7 Å². The van der Waals surface area contributed by atoms with Crippen molar-refractivity contribution in [3.63, 3.8) is 0 Å². The van der Waals surface area contributed by atoms with Gasteiger partial charge in [0.15, 0.2) is 0 Å². The Kier molecular flexibility index (Phi) is 8.86. The van der Waals surface area contributed by atoms with Gasteiger partial charge in [-0.25, -0.2) is 0 Å². The van der Waals surface area contributed by atoms with Crippen LogP contribution in [0.2, 0.25) is 0 Å². The molecule has 66 valence electrons. The molecule has 0 N–H and O–H groups in total. The molecule has 0 spiro atoms. The molecule has 0 rings (SSSR count). The predicted molar refractivity (Wildman–Crippen MR) is 58.1 cm³/mol. The minimum Gasteiger partial charge on any atom is -0.377 e. The van der Waals surface area contributed by atoms with Crippen molar-refractivity contribution in [1.82, 2.24) is 0 Å². The van der Waals surface area contributed by atoms with Gasteiger partial charge in [0.25, 0.3) is 0 Å². The van der Waals surface area contributed by atoms with Crippen molar-refractivity contribution in [3.05, 3.63) is 10.2 Å². The summed E-state index contributed by atoms with van der Waals surface area (Å²) in [5.74, 6) is 0. The highest BCUT2D eigenvalue weighted by atomic mass is 127. The maximum Gasteiger partial charge on any atom is 0.0759 e. The fourth-order valence-electron chi connectivity index (χ4n) is 0.969. The number of hydrogen-bond acceptors (Lipinski definition) is 1. The highest BCUT2D eigenvalue weighted by molar-refractivity contribution is 14.1. The van der Waals surface area contributed by atoms with E-state index in [1.165, 1.54) is 19.3 Å². The van der Waals surface area contributed by atoms with E-state index in [2.05, 4.69) is 35.6 Å². The standard InChI is InChI=1S/C9H17IO/c1-3-4-5-6-9(11-2)7-8-10/h7-9H,3-6H2,1-2H3. The lowest BCUT2D eigenvalue weighted by atomic mass is 10.1. The number of halogens is 1. The summed E-state index contributed by atoms with van der Waals surface area (Å²) in [6.45, 7) is 2.22. The molecule has 11 heavy (non-hydrogen) atoms. The molecule has 0 radical (unpaired) electrons. The van der Waals surface area contributed by atoms with E-state index in [1.54, 1.807) is 7.11 Å². The van der Waals surface area contributed by atoms with Gasteiger partial charge < -0.3 is 4.74 Å². The van der Waals surface area contributed by atoms with Crippen LogP contribution < -0.4 is 0 Å². The van der Waals surface area contributed by atoms with Crippen molar-refractivity contribution >= 4 is 22.6 Å². The van der Waals surface area contributed by atoms with Crippen LogP contribution in [0.3, 0.4) is 0 Å². The monoisotopic (exact) mass is 268 g/mol. The SMILES string of the molecule is CCCCCC(C=CI)OC. The summed E-state index contributed by atoms with van der Waals surface area (Å²) >= 11 is 2.23. The van der Waals surface area contributed by atoms with Crippen LogP contribution in [0.1, 0.15) is 32.6 Å². The normalized spacial score (nSPS) is 14.1. The minimum absolute atomic E-state index is 0.332. The van der Waals surface area contributed by atoms with Gasteiger partial charge in [0.2, 0.25) is 0 Å². The first-order valence-electron chi connectivity index (χ1n) is 4.14. The van der Waals surface area contributed by atoms with Gasteiger partial charge in [0.05, 0.1) is 6.10 Å². The lowest BCUT2D eigenvalue weighted by molar-refractivity contribution is 0.131. The molecule has 0 aliphatic carbocycles. The summed E-state index contributed by atoms with van der Waals surface area (Å²) in [7, 11) is 1.77. The maximum atomic E-state index is 5.25. The Hall–Kier alpha value is 0.430. The Morgan fingerprint density at radius 3 is 2.64 bits per heavy atom. The van der Waals surface area contributed by atoms with Crippen LogP contribution in [0, 0.1) is 0 Å². The Morgan fingerprint density at radius 1 is 1.45 bits per heavy atom. The molecule has 0 saturated carbocycles.